The lowest BCUT2D eigenvalue weighted by atomic mass is 10.2. The molecule has 0 unspecified atom stereocenters. The van der Waals surface area contributed by atoms with E-state index in [9.17, 15) is 0 Å². The summed E-state index contributed by atoms with van der Waals surface area (Å²) in [6.45, 7) is 14.1. The molecule has 4 nitrogen and oxygen atoms in total. The van der Waals surface area contributed by atoms with E-state index in [2.05, 4.69) is 42.8 Å². The van der Waals surface area contributed by atoms with E-state index in [1.807, 2.05) is 13.8 Å². The predicted octanol–water partition coefficient (Wildman–Crippen LogP) is 3.24. The second-order valence-corrected chi connectivity index (χ2v) is 5.68. The number of halogens is 1. The van der Waals surface area contributed by atoms with E-state index in [4.69, 9.17) is 16.3 Å². The highest BCUT2D eigenvalue weighted by Crippen LogP contribution is 2.22. The Morgan fingerprint density at radius 1 is 1.05 bits per heavy atom. The number of hydrogen-bond acceptors (Lipinski definition) is 4. The van der Waals surface area contributed by atoms with Gasteiger partial charge in [-0.15, -0.1) is 10.2 Å². The summed E-state index contributed by atoms with van der Waals surface area (Å²) in [6, 6.07) is 1.01. The van der Waals surface area contributed by atoms with Crippen molar-refractivity contribution in [1.82, 2.24) is 15.1 Å². The van der Waals surface area contributed by atoms with Gasteiger partial charge in [0.1, 0.15) is 6.61 Å². The lowest BCUT2D eigenvalue weighted by molar-refractivity contribution is 0.139. The molecule has 0 aliphatic carbocycles. The summed E-state index contributed by atoms with van der Waals surface area (Å²) in [5.74, 6) is 0.578. The van der Waals surface area contributed by atoms with Gasteiger partial charge >= 0.3 is 0 Å². The van der Waals surface area contributed by atoms with Crippen LogP contribution in [0, 0.1) is 13.8 Å². The maximum Gasteiger partial charge on any atom is 0.236 e. The molecule has 0 bridgehead atoms. The second kappa shape index (κ2) is 7.06. The van der Waals surface area contributed by atoms with E-state index in [-0.39, 0.29) is 0 Å². The SMILES string of the molecule is Cc1c(Cl)nnc(OCCN(C(C)C)C(C)C)c1C. The molecule has 0 aliphatic heterocycles. The maximum atomic E-state index is 5.92. The zero-order valence-corrected chi connectivity index (χ0v) is 13.5. The van der Waals surface area contributed by atoms with Gasteiger partial charge in [-0.05, 0) is 47.1 Å². The van der Waals surface area contributed by atoms with E-state index in [0.29, 0.717) is 29.7 Å². The second-order valence-electron chi connectivity index (χ2n) is 5.32. The molecule has 0 N–H and O–H groups in total. The number of rotatable bonds is 6. The van der Waals surface area contributed by atoms with Gasteiger partial charge in [-0.2, -0.15) is 0 Å². The third-order valence-electron chi connectivity index (χ3n) is 3.34. The fourth-order valence-corrected chi connectivity index (χ4v) is 2.23. The van der Waals surface area contributed by atoms with Crippen LogP contribution in [0.1, 0.15) is 38.8 Å². The largest absolute Gasteiger partial charge is 0.475 e. The lowest BCUT2D eigenvalue weighted by Gasteiger charge is -2.30. The maximum absolute atomic E-state index is 5.92. The summed E-state index contributed by atoms with van der Waals surface area (Å²) in [7, 11) is 0. The Balaban J connectivity index is 2.60. The minimum Gasteiger partial charge on any atom is -0.475 e. The summed E-state index contributed by atoms with van der Waals surface area (Å²) in [5, 5.41) is 8.33. The molecule has 0 radical (unpaired) electrons. The summed E-state index contributed by atoms with van der Waals surface area (Å²) in [4.78, 5) is 2.38. The van der Waals surface area contributed by atoms with Crippen molar-refractivity contribution in [2.75, 3.05) is 13.2 Å². The molecular formula is C14H24ClN3O. The molecule has 0 saturated heterocycles. The lowest BCUT2D eigenvalue weighted by Crippen LogP contribution is -2.39. The van der Waals surface area contributed by atoms with Crippen molar-refractivity contribution in [3.8, 4) is 5.88 Å². The first-order valence-electron chi connectivity index (χ1n) is 6.72. The van der Waals surface area contributed by atoms with E-state index < -0.39 is 0 Å². The van der Waals surface area contributed by atoms with Crippen LogP contribution in [0.2, 0.25) is 5.15 Å². The van der Waals surface area contributed by atoms with Crippen LogP contribution in [0.3, 0.4) is 0 Å². The van der Waals surface area contributed by atoms with Crippen LogP contribution < -0.4 is 4.74 Å². The summed E-state index contributed by atoms with van der Waals surface area (Å²) in [6.07, 6.45) is 0. The van der Waals surface area contributed by atoms with Crippen LogP contribution in [0.4, 0.5) is 0 Å². The van der Waals surface area contributed by atoms with Crippen molar-refractivity contribution >= 4 is 11.6 Å². The van der Waals surface area contributed by atoms with E-state index >= 15 is 0 Å². The van der Waals surface area contributed by atoms with Crippen molar-refractivity contribution in [3.63, 3.8) is 0 Å². The molecule has 5 heteroatoms. The van der Waals surface area contributed by atoms with Crippen LogP contribution in [-0.2, 0) is 0 Å². The molecule has 108 valence electrons. The van der Waals surface area contributed by atoms with Crippen molar-refractivity contribution in [2.45, 2.75) is 53.6 Å². The van der Waals surface area contributed by atoms with Gasteiger partial charge in [0.05, 0.1) is 0 Å². The van der Waals surface area contributed by atoms with Crippen molar-refractivity contribution < 1.29 is 4.74 Å². The predicted molar refractivity (Wildman–Crippen MR) is 79.0 cm³/mol. The van der Waals surface area contributed by atoms with Gasteiger partial charge in [0, 0.05) is 24.2 Å². The Morgan fingerprint density at radius 3 is 2.16 bits per heavy atom. The van der Waals surface area contributed by atoms with Gasteiger partial charge < -0.3 is 4.74 Å². The average molecular weight is 286 g/mol. The zero-order valence-electron chi connectivity index (χ0n) is 12.7. The van der Waals surface area contributed by atoms with E-state index in [0.717, 1.165) is 17.7 Å². The standard InChI is InChI=1S/C14H24ClN3O/c1-9(2)18(10(3)4)7-8-19-14-12(6)11(5)13(15)16-17-14/h9-10H,7-8H2,1-6H3. The smallest absolute Gasteiger partial charge is 0.236 e. The number of aromatic nitrogens is 2. The minimum absolute atomic E-state index is 0.441. The summed E-state index contributed by atoms with van der Waals surface area (Å²) >= 11 is 5.92. The van der Waals surface area contributed by atoms with Gasteiger partial charge in [0.2, 0.25) is 5.88 Å². The monoisotopic (exact) mass is 285 g/mol. The fourth-order valence-electron chi connectivity index (χ4n) is 2.05. The van der Waals surface area contributed by atoms with Crippen LogP contribution in [-0.4, -0.2) is 40.3 Å². The van der Waals surface area contributed by atoms with E-state index in [1.165, 1.54) is 0 Å². The molecule has 0 atom stereocenters. The van der Waals surface area contributed by atoms with E-state index in [1.54, 1.807) is 0 Å². The molecule has 0 spiro atoms. The third-order valence-corrected chi connectivity index (χ3v) is 3.70. The molecule has 0 aromatic carbocycles. The Kier molecular flexibility index (Phi) is 6.01. The van der Waals surface area contributed by atoms with Crippen molar-refractivity contribution in [3.05, 3.63) is 16.3 Å². The van der Waals surface area contributed by atoms with Gasteiger partial charge in [-0.25, -0.2) is 0 Å². The highest BCUT2D eigenvalue weighted by atomic mass is 35.5. The Labute approximate surface area is 121 Å². The molecule has 0 saturated carbocycles. The number of ether oxygens (including phenoxy) is 1. The third kappa shape index (κ3) is 4.32. The number of hydrogen-bond donors (Lipinski definition) is 0. The van der Waals surface area contributed by atoms with Crippen LogP contribution >= 0.6 is 11.6 Å². The molecule has 1 aromatic heterocycles. The van der Waals surface area contributed by atoms with Crippen LogP contribution in [0.15, 0.2) is 0 Å². The molecule has 0 amide bonds. The molecule has 1 heterocycles. The normalized spacial score (nSPS) is 11.7. The van der Waals surface area contributed by atoms with Crippen LogP contribution in [0.25, 0.3) is 0 Å². The summed E-state index contributed by atoms with van der Waals surface area (Å²) in [5.41, 5.74) is 1.89. The highest BCUT2D eigenvalue weighted by molar-refractivity contribution is 6.30. The van der Waals surface area contributed by atoms with Gasteiger partial charge in [0.25, 0.3) is 0 Å². The van der Waals surface area contributed by atoms with Crippen molar-refractivity contribution in [1.29, 1.82) is 0 Å². The fraction of sp³-hybridized carbons (Fsp3) is 0.714. The van der Waals surface area contributed by atoms with Crippen molar-refractivity contribution in [2.24, 2.45) is 0 Å². The minimum atomic E-state index is 0.441. The first-order valence-corrected chi connectivity index (χ1v) is 7.10. The summed E-state index contributed by atoms with van der Waals surface area (Å²) < 4.78 is 5.73. The molecule has 0 aliphatic rings. The highest BCUT2D eigenvalue weighted by Gasteiger charge is 2.14. The first-order chi connectivity index (χ1) is 8.84. The Morgan fingerprint density at radius 2 is 1.63 bits per heavy atom. The molecule has 1 aromatic rings. The number of nitrogens with zero attached hydrogens (tertiary/aromatic N) is 3. The zero-order chi connectivity index (χ0) is 14.6. The Hall–Kier alpha value is -0.870. The van der Waals surface area contributed by atoms with Gasteiger partial charge in [-0.1, -0.05) is 11.6 Å². The quantitative estimate of drug-likeness (QED) is 0.804. The molecule has 0 fully saturated rings. The molecule has 1 rings (SSSR count). The van der Waals surface area contributed by atoms with Gasteiger partial charge in [-0.3, -0.25) is 4.90 Å². The molecular weight excluding hydrogens is 262 g/mol. The topological polar surface area (TPSA) is 38.3 Å². The van der Waals surface area contributed by atoms with Gasteiger partial charge in [0.15, 0.2) is 5.15 Å². The average Bonchev–Trinajstić information content (AvgIpc) is 2.33. The molecule has 19 heavy (non-hydrogen) atoms. The van der Waals surface area contributed by atoms with Crippen LogP contribution in [0.5, 0.6) is 5.88 Å². The first kappa shape index (κ1) is 16.2. The Bertz CT molecular complexity index is 413.